The standard InChI is InChI=1S/C56H81F6NO2P2Si2/c1-7-13-40-68(41-14-8-2,42-15-9-3)49-36-32-47(33-37-49)66(48-34-38-50(39-35-48)69(43-16-10-4,44-17-11-5)45-18-12-6)63(46-26-20-19-21-27-46)67(53-30-24-22-28-51(53)64-55(57,58)59)54-31-25-23-29-52(54)65-56(60,61)62/h22-25,28-39,46H,7-21,26-27,40-45H2,1-6H3. The molecule has 4 aromatic carbocycles. The quantitative estimate of drug-likeness (QED) is 0.0307. The van der Waals surface area contributed by atoms with Crippen LogP contribution in [-0.2, 0) is 0 Å². The number of para-hydroxylation sites is 2. The molecule has 0 radical (unpaired) electrons. The van der Waals surface area contributed by atoms with Crippen LogP contribution in [0.4, 0.5) is 26.3 Å². The molecule has 4 aromatic rings. The van der Waals surface area contributed by atoms with Crippen molar-refractivity contribution >= 4 is 63.9 Å². The summed E-state index contributed by atoms with van der Waals surface area (Å²) in [5, 5.41) is 5.46. The van der Waals surface area contributed by atoms with Crippen LogP contribution >= 0.6 is 16.1 Å². The minimum atomic E-state index is -5.03. The van der Waals surface area contributed by atoms with Crippen molar-refractivity contribution in [3.63, 3.8) is 0 Å². The molecule has 1 aliphatic rings. The van der Waals surface area contributed by atoms with Crippen LogP contribution in [0.3, 0.4) is 0 Å². The van der Waals surface area contributed by atoms with E-state index >= 15 is 0 Å². The highest BCUT2D eigenvalue weighted by Crippen LogP contribution is 2.60. The lowest BCUT2D eigenvalue weighted by molar-refractivity contribution is -0.275. The van der Waals surface area contributed by atoms with Crippen molar-refractivity contribution in [1.29, 1.82) is 0 Å². The smallest absolute Gasteiger partial charge is 0.405 e. The van der Waals surface area contributed by atoms with Gasteiger partial charge < -0.3 is 9.47 Å². The molecule has 0 unspecified atom stereocenters. The first-order valence-corrected chi connectivity index (χ1v) is 34.3. The maximum atomic E-state index is 14.5. The van der Waals surface area contributed by atoms with Gasteiger partial charge in [0.2, 0.25) is 0 Å². The molecule has 3 nitrogen and oxygen atoms in total. The minimum absolute atomic E-state index is 0.146. The Morgan fingerprint density at radius 1 is 0.449 bits per heavy atom. The summed E-state index contributed by atoms with van der Waals surface area (Å²) in [4.78, 5) is 0. The summed E-state index contributed by atoms with van der Waals surface area (Å²) in [7, 11) is -7.56. The highest BCUT2D eigenvalue weighted by Gasteiger charge is 2.44. The average Bonchev–Trinajstić information content (AvgIpc) is 3.34. The number of alkyl halides is 6. The van der Waals surface area contributed by atoms with Gasteiger partial charge in [-0.05, 0) is 47.7 Å². The molecule has 0 heterocycles. The predicted molar refractivity (Wildman–Crippen MR) is 289 cm³/mol. The summed E-state index contributed by atoms with van der Waals surface area (Å²) in [6.07, 6.45) is 8.33. The van der Waals surface area contributed by atoms with E-state index in [9.17, 15) is 26.3 Å². The molecular formula is C56H81F6NO2P2Si2. The normalized spacial score (nSPS) is 14.3. The summed E-state index contributed by atoms with van der Waals surface area (Å²) in [5.74, 6) is -0.812. The molecule has 1 saturated carbocycles. The van der Waals surface area contributed by atoms with Gasteiger partial charge in [0.25, 0.3) is 0 Å². The van der Waals surface area contributed by atoms with Gasteiger partial charge in [0, 0.05) is 32.8 Å². The lowest BCUT2D eigenvalue weighted by Gasteiger charge is -2.46. The van der Waals surface area contributed by atoms with E-state index in [2.05, 4.69) is 94.5 Å². The van der Waals surface area contributed by atoms with Crippen LogP contribution in [0.15, 0.2) is 97.1 Å². The maximum Gasteiger partial charge on any atom is 0.573 e. The van der Waals surface area contributed by atoms with E-state index in [1.807, 2.05) is 0 Å². The Morgan fingerprint density at radius 3 is 1.07 bits per heavy atom. The van der Waals surface area contributed by atoms with Crippen LogP contribution in [0.2, 0.25) is 36.3 Å². The zero-order chi connectivity index (χ0) is 49.9. The highest BCUT2D eigenvalue weighted by atomic mass is 31.2. The number of unbranched alkanes of at least 4 members (excludes halogenated alkanes) is 6. The van der Waals surface area contributed by atoms with Gasteiger partial charge in [-0.15, -0.1) is 26.3 Å². The number of hydrogen-bond donors (Lipinski definition) is 0. The van der Waals surface area contributed by atoms with E-state index in [0.29, 0.717) is 0 Å². The molecule has 0 N–H and O–H groups in total. The Kier molecular flexibility index (Phi) is 23.2. The van der Waals surface area contributed by atoms with Gasteiger partial charge in [0.15, 0.2) is 0 Å². The number of ether oxygens (including phenoxy) is 2. The van der Waals surface area contributed by atoms with Crippen LogP contribution in [-0.4, -0.2) is 39.4 Å². The van der Waals surface area contributed by atoms with Crippen molar-refractivity contribution < 1.29 is 35.8 Å². The maximum absolute atomic E-state index is 14.5. The Balaban J connectivity index is 1.87. The van der Waals surface area contributed by atoms with Crippen LogP contribution < -0.4 is 41.1 Å². The summed E-state index contributed by atoms with van der Waals surface area (Å²) in [6.45, 7) is 13.7. The van der Waals surface area contributed by atoms with Crippen LogP contribution in [0.1, 0.15) is 151 Å². The van der Waals surface area contributed by atoms with E-state index in [4.69, 9.17) is 9.47 Å². The number of hydrogen-bond acceptors (Lipinski definition) is 3. The van der Waals surface area contributed by atoms with Gasteiger partial charge in [-0.1, -0.05) is 257 Å². The zero-order valence-electron chi connectivity index (χ0n) is 42.5. The molecule has 1 aliphatic carbocycles. The second-order valence-corrected chi connectivity index (χ2v) is 33.2. The molecule has 0 atom stereocenters. The minimum Gasteiger partial charge on any atom is -0.405 e. The highest BCUT2D eigenvalue weighted by molar-refractivity contribution is 7.85. The van der Waals surface area contributed by atoms with Crippen molar-refractivity contribution in [2.45, 2.75) is 206 Å². The van der Waals surface area contributed by atoms with Gasteiger partial charge in [0.05, 0.1) is 16.1 Å². The SMILES string of the molecule is CCCC[Si](CCCC)(CCCC)c1ccc(P(c2ccc([Si](CCCC)(CCCC)CCCC)cc2)N(C2CCCCC2)P(c2ccccc2OC(F)(F)F)c2ccccc2OC(F)(F)F)cc1. The summed E-state index contributed by atoms with van der Waals surface area (Å²) >= 11 is 0. The van der Waals surface area contributed by atoms with Crippen LogP contribution in [0.5, 0.6) is 11.5 Å². The van der Waals surface area contributed by atoms with Crippen molar-refractivity contribution in [1.82, 2.24) is 4.44 Å². The third-order valence-corrected chi connectivity index (χ3v) is 31.2. The largest absolute Gasteiger partial charge is 0.573 e. The van der Waals surface area contributed by atoms with E-state index in [-0.39, 0.29) is 16.7 Å². The molecule has 0 amide bonds. The molecule has 0 bridgehead atoms. The first kappa shape index (κ1) is 57.2. The molecule has 0 aromatic heterocycles. The third kappa shape index (κ3) is 16.2. The predicted octanol–water partition coefficient (Wildman–Crippen LogP) is 16.6. The van der Waals surface area contributed by atoms with Gasteiger partial charge in [-0.3, -0.25) is 0 Å². The molecular weight excluding hydrogens is 951 g/mol. The van der Waals surface area contributed by atoms with E-state index in [1.54, 1.807) is 24.3 Å². The van der Waals surface area contributed by atoms with E-state index < -0.39 is 56.5 Å². The summed E-state index contributed by atoms with van der Waals surface area (Å²) < 4.78 is 98.9. The van der Waals surface area contributed by atoms with Crippen molar-refractivity contribution in [2.75, 3.05) is 0 Å². The fourth-order valence-electron chi connectivity index (χ4n) is 10.8. The molecule has 13 heteroatoms. The summed E-state index contributed by atoms with van der Waals surface area (Å²) in [5.41, 5.74) is 0. The van der Waals surface area contributed by atoms with Crippen molar-refractivity contribution in [3.8, 4) is 11.5 Å². The number of rotatable bonds is 29. The van der Waals surface area contributed by atoms with Crippen molar-refractivity contribution in [2.24, 2.45) is 0 Å². The average molecular weight is 1030 g/mol. The molecule has 0 spiro atoms. The third-order valence-electron chi connectivity index (χ3n) is 14.5. The van der Waals surface area contributed by atoms with Gasteiger partial charge in [0.1, 0.15) is 11.5 Å². The molecule has 0 saturated heterocycles. The number of nitrogens with zero attached hydrogens (tertiary/aromatic N) is 1. The molecule has 0 aliphatic heterocycles. The Hall–Kier alpha value is -2.69. The van der Waals surface area contributed by atoms with Gasteiger partial charge in [-0.2, -0.15) is 0 Å². The van der Waals surface area contributed by atoms with Gasteiger partial charge in [-0.25, -0.2) is 4.44 Å². The van der Waals surface area contributed by atoms with E-state index in [0.717, 1.165) is 81.2 Å². The fraction of sp³-hybridized carbons (Fsp3) is 0.571. The molecule has 1 fully saturated rings. The number of halogens is 6. The topological polar surface area (TPSA) is 21.7 Å². The first-order valence-electron chi connectivity index (χ1n) is 26.5. The Bertz CT molecular complexity index is 1900. The Morgan fingerprint density at radius 2 is 0.768 bits per heavy atom. The molecule has 382 valence electrons. The lowest BCUT2D eigenvalue weighted by Crippen LogP contribution is -2.48. The van der Waals surface area contributed by atoms with E-state index in [1.165, 1.54) is 109 Å². The van der Waals surface area contributed by atoms with Crippen LogP contribution in [0, 0.1) is 0 Å². The monoisotopic (exact) mass is 1030 g/mol. The zero-order valence-corrected chi connectivity index (χ0v) is 46.3. The molecule has 5 rings (SSSR count). The second-order valence-electron chi connectivity index (χ2n) is 19.5. The number of benzene rings is 4. The van der Waals surface area contributed by atoms with Gasteiger partial charge >= 0.3 is 12.7 Å². The lowest BCUT2D eigenvalue weighted by atomic mass is 9.96. The first-order chi connectivity index (χ1) is 33.2. The van der Waals surface area contributed by atoms with Crippen molar-refractivity contribution in [3.05, 3.63) is 97.1 Å². The van der Waals surface area contributed by atoms with Crippen LogP contribution in [0.25, 0.3) is 0 Å². The molecule has 69 heavy (non-hydrogen) atoms. The fourth-order valence-corrected chi connectivity index (χ4v) is 28.4. The Labute approximate surface area is 416 Å². The second kappa shape index (κ2) is 28.0. The summed E-state index contributed by atoms with van der Waals surface area (Å²) in [6, 6.07) is 38.2.